The van der Waals surface area contributed by atoms with Crippen molar-refractivity contribution in [2.45, 2.75) is 11.5 Å². The Morgan fingerprint density at radius 3 is 2.68 bits per heavy atom. The number of carboxylic acids is 1. The van der Waals surface area contributed by atoms with Crippen molar-refractivity contribution < 1.29 is 27.8 Å². The minimum absolute atomic E-state index is 0.123. The van der Waals surface area contributed by atoms with Gasteiger partial charge in [-0.05, 0) is 48.0 Å². The Labute approximate surface area is 179 Å². The van der Waals surface area contributed by atoms with Gasteiger partial charge in [0.2, 0.25) is 0 Å². The maximum absolute atomic E-state index is 13.0. The van der Waals surface area contributed by atoms with Crippen molar-refractivity contribution in [3.8, 4) is 11.5 Å². The molecule has 0 aliphatic carbocycles. The van der Waals surface area contributed by atoms with Crippen LogP contribution in [0.5, 0.6) is 11.5 Å². The number of carbonyl (C=O) groups is 1. The van der Waals surface area contributed by atoms with Crippen LogP contribution < -0.4 is 14.2 Å². The van der Waals surface area contributed by atoms with E-state index >= 15 is 0 Å². The van der Waals surface area contributed by atoms with Crippen LogP contribution in [-0.2, 0) is 21.4 Å². The summed E-state index contributed by atoms with van der Waals surface area (Å²) in [6.45, 7) is 0.239. The molecule has 0 amide bonds. The molecule has 8 nitrogen and oxygen atoms in total. The fourth-order valence-electron chi connectivity index (χ4n) is 2.67. The number of aromatic nitrogens is 1. The lowest BCUT2D eigenvalue weighted by Crippen LogP contribution is -2.14. The highest BCUT2D eigenvalue weighted by atomic mass is 32.2. The first kappa shape index (κ1) is 21.8. The maximum Gasteiger partial charge on any atom is 0.328 e. The Morgan fingerprint density at radius 2 is 1.97 bits per heavy atom. The fourth-order valence-corrected chi connectivity index (χ4v) is 3.93. The molecule has 0 saturated heterocycles. The molecule has 1 heterocycles. The predicted molar refractivity (Wildman–Crippen MR) is 115 cm³/mol. The van der Waals surface area contributed by atoms with E-state index in [0.717, 1.165) is 11.8 Å². The first-order valence-electron chi connectivity index (χ1n) is 9.12. The summed E-state index contributed by atoms with van der Waals surface area (Å²) in [5.41, 5.74) is 1.44. The van der Waals surface area contributed by atoms with Crippen LogP contribution in [0.4, 0.5) is 5.69 Å². The number of nitrogens with one attached hydrogen (secondary N) is 1. The van der Waals surface area contributed by atoms with E-state index in [1.807, 2.05) is 12.1 Å². The summed E-state index contributed by atoms with van der Waals surface area (Å²) < 4.78 is 39.3. The zero-order valence-electron chi connectivity index (χ0n) is 16.6. The summed E-state index contributed by atoms with van der Waals surface area (Å²) in [7, 11) is -2.67. The van der Waals surface area contributed by atoms with Gasteiger partial charge < -0.3 is 14.6 Å². The molecular weight excluding hydrogens is 420 g/mol. The summed E-state index contributed by atoms with van der Waals surface area (Å²) in [5, 5.41) is 8.78. The van der Waals surface area contributed by atoms with Crippen LogP contribution in [0.2, 0.25) is 0 Å². The van der Waals surface area contributed by atoms with Crippen molar-refractivity contribution in [1.82, 2.24) is 4.98 Å². The lowest BCUT2D eigenvalue weighted by Gasteiger charge is -2.13. The van der Waals surface area contributed by atoms with Crippen LogP contribution >= 0.6 is 0 Å². The van der Waals surface area contributed by atoms with Crippen LogP contribution in [0.15, 0.2) is 77.8 Å². The largest absolute Gasteiger partial charge is 0.495 e. The third-order valence-corrected chi connectivity index (χ3v) is 5.50. The minimum atomic E-state index is -4.03. The Bertz CT molecular complexity index is 1190. The predicted octanol–water partition coefficient (Wildman–Crippen LogP) is 3.57. The first-order chi connectivity index (χ1) is 14.9. The molecule has 31 heavy (non-hydrogen) atoms. The molecule has 0 aliphatic heterocycles. The highest BCUT2D eigenvalue weighted by Gasteiger charge is 2.20. The number of sulfonamides is 1. The van der Waals surface area contributed by atoms with Gasteiger partial charge in [0.15, 0.2) is 0 Å². The van der Waals surface area contributed by atoms with Gasteiger partial charge in [0, 0.05) is 18.3 Å². The number of methoxy groups -OCH3 is 1. The molecule has 0 fully saturated rings. The molecule has 0 saturated carbocycles. The van der Waals surface area contributed by atoms with Gasteiger partial charge in [0.25, 0.3) is 10.0 Å². The maximum atomic E-state index is 13.0. The van der Waals surface area contributed by atoms with Crippen molar-refractivity contribution in [1.29, 1.82) is 0 Å². The highest BCUT2D eigenvalue weighted by molar-refractivity contribution is 7.92. The Balaban J connectivity index is 1.81. The first-order valence-corrected chi connectivity index (χ1v) is 10.6. The number of carboxylic acid groups (broad SMARTS) is 1. The number of hydrogen-bond acceptors (Lipinski definition) is 6. The molecule has 0 aliphatic rings. The van der Waals surface area contributed by atoms with Gasteiger partial charge in [-0.1, -0.05) is 18.2 Å². The van der Waals surface area contributed by atoms with Gasteiger partial charge in [-0.25, -0.2) is 13.2 Å². The second-order valence-corrected chi connectivity index (χ2v) is 7.98. The molecule has 0 bridgehead atoms. The fraction of sp³-hybridized carbons (Fsp3) is 0.0909. The zero-order chi connectivity index (χ0) is 22.3. The van der Waals surface area contributed by atoms with E-state index in [1.54, 1.807) is 42.6 Å². The quantitative estimate of drug-likeness (QED) is 0.489. The summed E-state index contributed by atoms with van der Waals surface area (Å²) >= 11 is 0. The van der Waals surface area contributed by atoms with Crippen molar-refractivity contribution in [3.05, 3.63) is 84.2 Å². The van der Waals surface area contributed by atoms with E-state index in [9.17, 15) is 13.2 Å². The summed E-state index contributed by atoms with van der Waals surface area (Å²) in [6, 6.07) is 16.3. The van der Waals surface area contributed by atoms with E-state index in [2.05, 4.69) is 9.71 Å². The van der Waals surface area contributed by atoms with Gasteiger partial charge in [0.1, 0.15) is 23.0 Å². The number of rotatable bonds is 9. The van der Waals surface area contributed by atoms with Crippen LogP contribution in [-0.4, -0.2) is 31.6 Å². The summed E-state index contributed by atoms with van der Waals surface area (Å²) in [4.78, 5) is 14.8. The normalized spacial score (nSPS) is 11.3. The van der Waals surface area contributed by atoms with Crippen molar-refractivity contribution in [3.63, 3.8) is 0 Å². The van der Waals surface area contributed by atoms with Gasteiger partial charge >= 0.3 is 5.97 Å². The molecular formula is C22H20N2O6S. The third kappa shape index (κ3) is 6.06. The Morgan fingerprint density at radius 1 is 1.13 bits per heavy atom. The number of aliphatic carboxylic acids is 1. The van der Waals surface area contributed by atoms with Crippen LogP contribution in [0, 0.1) is 0 Å². The van der Waals surface area contributed by atoms with E-state index in [0.29, 0.717) is 17.0 Å². The average Bonchev–Trinajstić information content (AvgIpc) is 2.77. The second-order valence-electron chi connectivity index (χ2n) is 6.32. The number of benzene rings is 2. The summed E-state index contributed by atoms with van der Waals surface area (Å²) in [5.74, 6) is -0.542. The minimum Gasteiger partial charge on any atom is -0.495 e. The van der Waals surface area contributed by atoms with Gasteiger partial charge in [0.05, 0.1) is 18.5 Å². The van der Waals surface area contributed by atoms with Crippen molar-refractivity contribution in [2.75, 3.05) is 11.8 Å². The molecule has 2 N–H and O–H groups in total. The number of pyridine rings is 1. The Hall–Kier alpha value is -3.85. The van der Waals surface area contributed by atoms with Crippen LogP contribution in [0.3, 0.4) is 0 Å². The lowest BCUT2D eigenvalue weighted by molar-refractivity contribution is -0.131. The van der Waals surface area contributed by atoms with Crippen molar-refractivity contribution >= 4 is 27.8 Å². The number of hydrogen-bond donors (Lipinski definition) is 2. The molecule has 0 radical (unpaired) electrons. The number of anilines is 1. The molecule has 3 aromatic rings. The molecule has 9 heteroatoms. The smallest absolute Gasteiger partial charge is 0.328 e. The van der Waals surface area contributed by atoms with Gasteiger partial charge in [-0.2, -0.15) is 0 Å². The topological polar surface area (TPSA) is 115 Å². The van der Waals surface area contributed by atoms with Crippen LogP contribution in [0.1, 0.15) is 11.3 Å². The van der Waals surface area contributed by atoms with Gasteiger partial charge in [-0.15, -0.1) is 0 Å². The molecule has 0 unspecified atom stereocenters. The van der Waals surface area contributed by atoms with Crippen molar-refractivity contribution in [2.24, 2.45) is 0 Å². The molecule has 2 aromatic carbocycles. The molecule has 0 atom stereocenters. The van der Waals surface area contributed by atoms with E-state index in [4.69, 9.17) is 14.6 Å². The zero-order valence-corrected chi connectivity index (χ0v) is 17.4. The van der Waals surface area contributed by atoms with E-state index in [1.165, 1.54) is 25.3 Å². The second kappa shape index (κ2) is 9.77. The monoisotopic (exact) mass is 440 g/mol. The Kier molecular flexibility index (Phi) is 6.88. The summed E-state index contributed by atoms with van der Waals surface area (Å²) in [6.07, 6.45) is 3.89. The lowest BCUT2D eigenvalue weighted by atomic mass is 10.2. The molecule has 160 valence electrons. The van der Waals surface area contributed by atoms with Gasteiger partial charge in [-0.3, -0.25) is 9.71 Å². The number of nitrogens with zero attached hydrogens (tertiary/aromatic N) is 1. The molecule has 1 aromatic heterocycles. The molecule has 3 rings (SSSR count). The van der Waals surface area contributed by atoms with Crippen LogP contribution in [0.25, 0.3) is 6.08 Å². The SMILES string of the molecule is COc1ccc(/C=C/C(=O)O)cc1S(=O)(=O)Nc1cccc(OCc2ccccn2)c1. The standard InChI is InChI=1S/C22H20N2O6S/c1-29-20-10-8-16(9-11-22(25)26)13-21(20)31(27,28)24-17-6-4-7-19(14-17)30-15-18-5-2-3-12-23-18/h2-14,24H,15H2,1H3,(H,25,26)/b11-9+. The number of ether oxygens (including phenoxy) is 2. The molecule has 0 spiro atoms. The van der Waals surface area contributed by atoms with E-state index < -0.39 is 16.0 Å². The average molecular weight is 440 g/mol. The third-order valence-electron chi connectivity index (χ3n) is 4.09. The highest BCUT2D eigenvalue weighted by Crippen LogP contribution is 2.28. The van der Waals surface area contributed by atoms with E-state index in [-0.39, 0.29) is 17.3 Å².